The molecule has 0 heterocycles. The maximum absolute atomic E-state index is 11.7. The molecule has 0 aliphatic heterocycles. The van der Waals surface area contributed by atoms with Gasteiger partial charge < -0.3 is 9.53 Å². The zero-order valence-corrected chi connectivity index (χ0v) is 11.0. The molecule has 1 rings (SSSR count). The fourth-order valence-corrected chi connectivity index (χ4v) is 2.33. The first-order chi connectivity index (χ1) is 6.73. The molecule has 15 heavy (non-hydrogen) atoms. The summed E-state index contributed by atoms with van der Waals surface area (Å²) in [5.41, 5.74) is -0.0980. The molecule has 1 aliphatic rings. The largest absolute Gasteiger partial charge is 0.538 e. The molecule has 1 atom stereocenters. The first-order valence-electron chi connectivity index (χ1n) is 5.18. The predicted molar refractivity (Wildman–Crippen MR) is 60.8 cm³/mol. The molecule has 0 saturated carbocycles. The fraction of sp³-hybridized carbons (Fsp3) is 0.727. The third-order valence-corrected chi connectivity index (χ3v) is 3.17. The highest BCUT2D eigenvalue weighted by Gasteiger charge is 2.40. The van der Waals surface area contributed by atoms with Crippen LogP contribution < -0.4 is 0 Å². The van der Waals surface area contributed by atoms with Crippen molar-refractivity contribution in [1.82, 2.24) is 0 Å². The normalized spacial score (nSPS) is 22.8. The molecule has 3 nitrogen and oxygen atoms in total. The van der Waals surface area contributed by atoms with Gasteiger partial charge in [0.25, 0.3) is 9.04 Å². The van der Waals surface area contributed by atoms with Gasteiger partial charge in [-0.3, -0.25) is 4.79 Å². The highest BCUT2D eigenvalue weighted by molar-refractivity contribution is 6.49. The molecule has 0 aromatic heterocycles. The van der Waals surface area contributed by atoms with E-state index in [-0.39, 0.29) is 28.6 Å². The van der Waals surface area contributed by atoms with Gasteiger partial charge in [-0.25, -0.2) is 0 Å². The van der Waals surface area contributed by atoms with Gasteiger partial charge in [0.2, 0.25) is 0 Å². The Hall–Kier alpha value is -0.773. The van der Waals surface area contributed by atoms with Crippen molar-refractivity contribution in [3.8, 4) is 0 Å². The predicted octanol–water partition coefficient (Wildman–Crippen LogP) is 2.66. The van der Waals surface area contributed by atoms with Crippen molar-refractivity contribution in [3.63, 3.8) is 0 Å². The molecular formula is C11H19O3Si. The summed E-state index contributed by atoms with van der Waals surface area (Å²) in [5, 5.41) is 9.95. The van der Waals surface area contributed by atoms with Gasteiger partial charge in [0.05, 0.1) is 0 Å². The van der Waals surface area contributed by atoms with Gasteiger partial charge in [0.1, 0.15) is 5.76 Å². The molecule has 0 aromatic rings. The van der Waals surface area contributed by atoms with E-state index in [4.69, 9.17) is 4.43 Å². The topological polar surface area (TPSA) is 46.5 Å². The minimum absolute atomic E-state index is 0.0568. The molecule has 1 aliphatic carbocycles. The average Bonchev–Trinajstić information content (AvgIpc) is 2.30. The number of aliphatic hydroxyl groups excluding tert-OH is 1. The zero-order chi connectivity index (χ0) is 11.8. The van der Waals surface area contributed by atoms with Gasteiger partial charge in [-0.1, -0.05) is 20.8 Å². The third kappa shape index (κ3) is 2.62. The fourth-order valence-electron chi connectivity index (χ4n) is 1.71. The van der Waals surface area contributed by atoms with Crippen LogP contribution >= 0.6 is 0 Å². The summed E-state index contributed by atoms with van der Waals surface area (Å²) < 4.78 is 5.44. The lowest BCUT2D eigenvalue weighted by Gasteiger charge is -2.25. The smallest absolute Gasteiger partial charge is 0.274 e. The van der Waals surface area contributed by atoms with Crippen LogP contribution in [0.4, 0.5) is 0 Å². The van der Waals surface area contributed by atoms with Gasteiger partial charge >= 0.3 is 0 Å². The molecule has 0 amide bonds. The average molecular weight is 227 g/mol. The van der Waals surface area contributed by atoms with Crippen LogP contribution in [0.3, 0.4) is 0 Å². The van der Waals surface area contributed by atoms with E-state index in [1.54, 1.807) is 0 Å². The Bertz CT molecular complexity index is 299. The summed E-state index contributed by atoms with van der Waals surface area (Å²) in [6, 6.07) is 0. The molecule has 4 heteroatoms. The van der Waals surface area contributed by atoms with E-state index in [0.717, 1.165) is 0 Å². The summed E-state index contributed by atoms with van der Waals surface area (Å²) >= 11 is 0. The van der Waals surface area contributed by atoms with Crippen molar-refractivity contribution < 1.29 is 14.3 Å². The summed E-state index contributed by atoms with van der Waals surface area (Å²) in [5.74, 6) is 0.215. The standard InChI is InChI=1S/C11H19O3Si/c1-11(2,3)7-6-8(12)10(9(7)13)14-15(4)5/h7,13H,6H2,1-5H3. The summed E-state index contributed by atoms with van der Waals surface area (Å²) in [4.78, 5) is 11.7. The molecule has 1 N–H and O–H groups in total. The van der Waals surface area contributed by atoms with Gasteiger partial charge in [-0.15, -0.1) is 0 Å². The number of Topliss-reactive ketones (excluding diaryl/α,β-unsaturated/α-hetero) is 1. The van der Waals surface area contributed by atoms with Crippen molar-refractivity contribution in [2.45, 2.75) is 40.3 Å². The van der Waals surface area contributed by atoms with E-state index >= 15 is 0 Å². The van der Waals surface area contributed by atoms with E-state index in [1.165, 1.54) is 0 Å². The second-order valence-corrected chi connectivity index (χ2v) is 7.29. The molecule has 0 spiro atoms. The number of allylic oxidation sites excluding steroid dienone is 2. The maximum atomic E-state index is 11.7. The SMILES string of the molecule is C[Si](C)OC1=C(O)C(C(C)(C)C)CC1=O. The number of hydrogen-bond donors (Lipinski definition) is 1. The molecular weight excluding hydrogens is 208 g/mol. The van der Waals surface area contributed by atoms with Crippen LogP contribution in [-0.4, -0.2) is 19.9 Å². The van der Waals surface area contributed by atoms with E-state index < -0.39 is 9.04 Å². The van der Waals surface area contributed by atoms with Crippen LogP contribution in [0.15, 0.2) is 11.5 Å². The van der Waals surface area contributed by atoms with Gasteiger partial charge in [-0.05, 0) is 18.5 Å². The van der Waals surface area contributed by atoms with Crippen LogP contribution in [0.2, 0.25) is 13.1 Å². The van der Waals surface area contributed by atoms with E-state index in [9.17, 15) is 9.90 Å². The lowest BCUT2D eigenvalue weighted by atomic mass is 9.79. The Balaban J connectivity index is 2.94. The second kappa shape index (κ2) is 4.00. The van der Waals surface area contributed by atoms with E-state index in [1.807, 2.05) is 33.9 Å². The number of hydrogen-bond acceptors (Lipinski definition) is 3. The lowest BCUT2D eigenvalue weighted by Crippen LogP contribution is -2.20. The zero-order valence-electron chi connectivity index (χ0n) is 10.0. The number of aliphatic hydroxyl groups is 1. The van der Waals surface area contributed by atoms with Crippen LogP contribution in [0, 0.1) is 11.3 Å². The summed E-state index contributed by atoms with van der Waals surface area (Å²) in [7, 11) is -0.989. The molecule has 1 unspecified atom stereocenters. The van der Waals surface area contributed by atoms with Crippen LogP contribution in [0.1, 0.15) is 27.2 Å². The Morgan fingerprint density at radius 1 is 1.40 bits per heavy atom. The van der Waals surface area contributed by atoms with Crippen LogP contribution in [-0.2, 0) is 9.22 Å². The van der Waals surface area contributed by atoms with E-state index in [0.29, 0.717) is 6.42 Å². The molecule has 0 saturated heterocycles. The Kier molecular flexibility index (Phi) is 3.28. The number of ketones is 1. The summed E-state index contributed by atoms with van der Waals surface area (Å²) in [6.45, 7) is 9.96. The van der Waals surface area contributed by atoms with Crippen molar-refractivity contribution in [1.29, 1.82) is 0 Å². The maximum Gasteiger partial charge on any atom is 0.274 e. The van der Waals surface area contributed by atoms with Crippen molar-refractivity contribution in [2.75, 3.05) is 0 Å². The van der Waals surface area contributed by atoms with Gasteiger partial charge in [-0.2, -0.15) is 0 Å². The van der Waals surface area contributed by atoms with Crippen LogP contribution in [0.5, 0.6) is 0 Å². The van der Waals surface area contributed by atoms with Crippen molar-refractivity contribution >= 4 is 14.8 Å². The van der Waals surface area contributed by atoms with Crippen molar-refractivity contribution in [2.24, 2.45) is 11.3 Å². The third-order valence-electron chi connectivity index (χ3n) is 2.56. The molecule has 85 valence electrons. The lowest BCUT2D eigenvalue weighted by molar-refractivity contribution is -0.117. The van der Waals surface area contributed by atoms with Crippen molar-refractivity contribution in [3.05, 3.63) is 11.5 Å². The number of carbonyl (C=O) groups excluding carboxylic acids is 1. The molecule has 0 bridgehead atoms. The van der Waals surface area contributed by atoms with Crippen LogP contribution in [0.25, 0.3) is 0 Å². The first-order valence-corrected chi connectivity index (χ1v) is 7.58. The van der Waals surface area contributed by atoms with Gasteiger partial charge in [0, 0.05) is 12.3 Å². The molecule has 1 radical (unpaired) electrons. The highest BCUT2D eigenvalue weighted by atomic mass is 28.3. The first kappa shape index (κ1) is 12.3. The number of rotatable bonds is 2. The Labute approximate surface area is 92.9 Å². The Morgan fingerprint density at radius 3 is 2.27 bits per heavy atom. The summed E-state index contributed by atoms with van der Waals surface area (Å²) in [6.07, 6.45) is 0.375. The minimum atomic E-state index is -0.989. The Morgan fingerprint density at radius 2 is 1.93 bits per heavy atom. The quantitative estimate of drug-likeness (QED) is 0.738. The van der Waals surface area contributed by atoms with Gasteiger partial charge in [0.15, 0.2) is 11.5 Å². The molecule has 0 fully saturated rings. The molecule has 0 aromatic carbocycles. The number of carbonyl (C=O) groups is 1. The van der Waals surface area contributed by atoms with E-state index in [2.05, 4.69) is 0 Å². The highest BCUT2D eigenvalue weighted by Crippen LogP contribution is 2.40. The second-order valence-electron chi connectivity index (χ2n) is 5.27. The monoisotopic (exact) mass is 227 g/mol. The minimum Gasteiger partial charge on any atom is -0.538 e.